The number of ether oxygens (including phenoxy) is 1. The van der Waals surface area contributed by atoms with E-state index < -0.39 is 0 Å². The molecular weight excluding hydrogens is 242 g/mol. The second-order valence-corrected chi connectivity index (χ2v) is 5.23. The first kappa shape index (κ1) is 16.1. The zero-order chi connectivity index (χ0) is 14.3. The number of hydrogen-bond donors (Lipinski definition) is 1. The normalized spacial score (nSPS) is 14.8. The lowest BCUT2D eigenvalue weighted by Gasteiger charge is -2.11. The van der Waals surface area contributed by atoms with E-state index in [0.29, 0.717) is 24.2 Å². The van der Waals surface area contributed by atoms with Gasteiger partial charge in [0.15, 0.2) is 5.82 Å². The highest BCUT2D eigenvalue weighted by Crippen LogP contribution is 2.24. The fraction of sp³-hybridized carbons (Fsp3) is 0.857. The molecule has 0 fully saturated rings. The van der Waals surface area contributed by atoms with Crippen LogP contribution >= 0.6 is 0 Å². The molecule has 0 aliphatic rings. The Kier molecular flexibility index (Phi) is 7.02. The van der Waals surface area contributed by atoms with Crippen LogP contribution in [0.2, 0.25) is 0 Å². The molecule has 1 heterocycles. The van der Waals surface area contributed by atoms with Crippen LogP contribution in [-0.2, 0) is 4.74 Å². The van der Waals surface area contributed by atoms with Gasteiger partial charge in [-0.25, -0.2) is 0 Å². The van der Waals surface area contributed by atoms with Gasteiger partial charge in [-0.05, 0) is 26.7 Å². The Hall–Kier alpha value is -0.940. The Morgan fingerprint density at radius 2 is 2.05 bits per heavy atom. The molecule has 2 atom stereocenters. The number of nitrogens with zero attached hydrogens (tertiary/aromatic N) is 2. The van der Waals surface area contributed by atoms with E-state index in [1.807, 2.05) is 13.8 Å². The predicted octanol–water partition coefficient (Wildman–Crippen LogP) is 3.18. The van der Waals surface area contributed by atoms with Crippen LogP contribution < -0.4 is 5.73 Å². The summed E-state index contributed by atoms with van der Waals surface area (Å²) in [5.74, 6) is 1.61. The van der Waals surface area contributed by atoms with Gasteiger partial charge < -0.3 is 15.0 Å². The third-order valence-corrected chi connectivity index (χ3v) is 3.15. The lowest BCUT2D eigenvalue weighted by Crippen LogP contribution is -2.20. The number of hydrogen-bond acceptors (Lipinski definition) is 5. The molecule has 1 aromatic rings. The van der Waals surface area contributed by atoms with Crippen LogP contribution in [0.4, 0.5) is 0 Å². The number of rotatable bonds is 9. The maximum Gasteiger partial charge on any atom is 0.229 e. The first-order chi connectivity index (χ1) is 9.08. The van der Waals surface area contributed by atoms with Crippen molar-refractivity contribution >= 4 is 0 Å². The maximum absolute atomic E-state index is 5.99. The average Bonchev–Trinajstić information content (AvgIpc) is 2.86. The molecule has 110 valence electrons. The molecule has 2 unspecified atom stereocenters. The summed E-state index contributed by atoms with van der Waals surface area (Å²) in [6.07, 6.45) is 4.62. The highest BCUT2D eigenvalue weighted by atomic mass is 16.5. The van der Waals surface area contributed by atoms with Crippen molar-refractivity contribution in [3.8, 4) is 0 Å². The van der Waals surface area contributed by atoms with Gasteiger partial charge in [-0.15, -0.1) is 0 Å². The molecule has 1 aromatic heterocycles. The summed E-state index contributed by atoms with van der Waals surface area (Å²) in [5.41, 5.74) is 5.99. The Bertz CT molecular complexity index is 352. The highest BCUT2D eigenvalue weighted by Gasteiger charge is 2.20. The topological polar surface area (TPSA) is 74.2 Å². The lowest BCUT2D eigenvalue weighted by molar-refractivity contribution is 0.0665. The molecule has 2 N–H and O–H groups in total. The molecule has 0 radical (unpaired) electrons. The molecular formula is C14H27N3O2. The number of nitrogens with two attached hydrogens (primary N) is 1. The summed E-state index contributed by atoms with van der Waals surface area (Å²) in [7, 11) is 0. The van der Waals surface area contributed by atoms with Crippen LogP contribution in [0, 0.1) is 0 Å². The summed E-state index contributed by atoms with van der Waals surface area (Å²) in [6, 6.07) is -0.316. The van der Waals surface area contributed by atoms with Crippen LogP contribution in [-0.4, -0.2) is 22.9 Å². The van der Waals surface area contributed by atoms with E-state index in [2.05, 4.69) is 24.0 Å². The van der Waals surface area contributed by atoms with Gasteiger partial charge in [0.1, 0.15) is 0 Å². The van der Waals surface area contributed by atoms with Crippen molar-refractivity contribution in [3.63, 3.8) is 0 Å². The van der Waals surface area contributed by atoms with E-state index >= 15 is 0 Å². The Morgan fingerprint density at radius 1 is 1.32 bits per heavy atom. The average molecular weight is 269 g/mol. The van der Waals surface area contributed by atoms with E-state index in [1.54, 1.807) is 0 Å². The molecule has 0 aromatic carbocycles. The molecule has 1 rings (SSSR count). The molecule has 0 saturated carbocycles. The standard InChI is InChI=1S/C14H27N3O2/c1-5-7-8-11(6-2)14-16-13(17-19-14)12(15)9-18-10(3)4/h10-12H,5-9,15H2,1-4H3. The largest absolute Gasteiger partial charge is 0.377 e. The quantitative estimate of drug-likeness (QED) is 0.745. The first-order valence-corrected chi connectivity index (χ1v) is 7.29. The van der Waals surface area contributed by atoms with E-state index in [-0.39, 0.29) is 12.1 Å². The van der Waals surface area contributed by atoms with E-state index in [4.69, 9.17) is 15.0 Å². The second kappa shape index (κ2) is 8.27. The maximum atomic E-state index is 5.99. The minimum Gasteiger partial charge on any atom is -0.377 e. The minimum atomic E-state index is -0.316. The van der Waals surface area contributed by atoms with Gasteiger partial charge in [-0.1, -0.05) is 31.8 Å². The predicted molar refractivity (Wildman–Crippen MR) is 74.9 cm³/mol. The third kappa shape index (κ3) is 5.28. The zero-order valence-electron chi connectivity index (χ0n) is 12.6. The van der Waals surface area contributed by atoms with Crippen LogP contribution in [0.25, 0.3) is 0 Å². The van der Waals surface area contributed by atoms with E-state index in [9.17, 15) is 0 Å². The smallest absolute Gasteiger partial charge is 0.229 e. The summed E-state index contributed by atoms with van der Waals surface area (Å²) in [5, 5.41) is 3.98. The molecule has 0 bridgehead atoms. The van der Waals surface area contributed by atoms with Gasteiger partial charge in [0.05, 0.1) is 18.8 Å². The van der Waals surface area contributed by atoms with Gasteiger partial charge in [0.25, 0.3) is 0 Å². The van der Waals surface area contributed by atoms with Crippen LogP contribution in [0.5, 0.6) is 0 Å². The van der Waals surface area contributed by atoms with Crippen molar-refractivity contribution < 1.29 is 9.26 Å². The summed E-state index contributed by atoms with van der Waals surface area (Å²) in [4.78, 5) is 4.43. The summed E-state index contributed by atoms with van der Waals surface area (Å²) in [6.45, 7) is 8.71. The molecule has 5 nitrogen and oxygen atoms in total. The SMILES string of the molecule is CCCCC(CC)c1nc(C(N)COC(C)C)no1. The van der Waals surface area contributed by atoms with Gasteiger partial charge in [0, 0.05) is 5.92 Å². The first-order valence-electron chi connectivity index (χ1n) is 7.29. The Morgan fingerprint density at radius 3 is 2.63 bits per heavy atom. The zero-order valence-corrected chi connectivity index (χ0v) is 12.6. The molecule has 19 heavy (non-hydrogen) atoms. The fourth-order valence-electron chi connectivity index (χ4n) is 1.89. The van der Waals surface area contributed by atoms with Crippen molar-refractivity contribution in [2.24, 2.45) is 5.73 Å². The molecule has 0 amide bonds. The van der Waals surface area contributed by atoms with Crippen molar-refractivity contribution in [3.05, 3.63) is 11.7 Å². The second-order valence-electron chi connectivity index (χ2n) is 5.23. The molecule has 0 aliphatic heterocycles. The van der Waals surface area contributed by atoms with Crippen molar-refractivity contribution in [1.82, 2.24) is 10.1 Å². The molecule has 0 saturated heterocycles. The highest BCUT2D eigenvalue weighted by molar-refractivity contribution is 4.97. The fourth-order valence-corrected chi connectivity index (χ4v) is 1.89. The number of aromatic nitrogens is 2. The number of unbranched alkanes of at least 4 members (excludes halogenated alkanes) is 1. The molecule has 5 heteroatoms. The Labute approximate surface area is 115 Å². The van der Waals surface area contributed by atoms with Crippen LogP contribution in [0.3, 0.4) is 0 Å². The summed E-state index contributed by atoms with van der Waals surface area (Å²) < 4.78 is 10.8. The molecule has 0 aliphatic carbocycles. The van der Waals surface area contributed by atoms with Crippen molar-refractivity contribution in [1.29, 1.82) is 0 Å². The molecule has 0 spiro atoms. The third-order valence-electron chi connectivity index (χ3n) is 3.15. The minimum absolute atomic E-state index is 0.158. The van der Waals surface area contributed by atoms with Crippen molar-refractivity contribution in [2.75, 3.05) is 6.61 Å². The van der Waals surface area contributed by atoms with Crippen molar-refractivity contribution in [2.45, 2.75) is 71.4 Å². The van der Waals surface area contributed by atoms with Gasteiger partial charge in [-0.2, -0.15) is 4.98 Å². The van der Waals surface area contributed by atoms with E-state index in [1.165, 1.54) is 12.8 Å². The van der Waals surface area contributed by atoms with E-state index in [0.717, 1.165) is 12.8 Å². The van der Waals surface area contributed by atoms with Crippen LogP contribution in [0.1, 0.15) is 77.1 Å². The van der Waals surface area contributed by atoms with Crippen LogP contribution in [0.15, 0.2) is 4.52 Å². The van der Waals surface area contributed by atoms with Gasteiger partial charge in [-0.3, -0.25) is 0 Å². The monoisotopic (exact) mass is 269 g/mol. The van der Waals surface area contributed by atoms with Gasteiger partial charge in [0.2, 0.25) is 5.89 Å². The lowest BCUT2D eigenvalue weighted by atomic mass is 9.99. The van der Waals surface area contributed by atoms with Gasteiger partial charge >= 0.3 is 0 Å². The Balaban J connectivity index is 2.58. The summed E-state index contributed by atoms with van der Waals surface area (Å²) >= 11 is 0.